The summed E-state index contributed by atoms with van der Waals surface area (Å²) < 4.78 is 33.2. The number of carbonyl (C=O) groups is 2. The van der Waals surface area contributed by atoms with E-state index in [1.807, 2.05) is 0 Å². The first-order chi connectivity index (χ1) is 40.3. The van der Waals surface area contributed by atoms with Crippen molar-refractivity contribution in [3.63, 3.8) is 0 Å². The van der Waals surface area contributed by atoms with Gasteiger partial charge in [-0.25, -0.2) is 4.57 Å². The molecule has 0 radical (unpaired) electrons. The molecule has 476 valence electrons. The Morgan fingerprint density at radius 2 is 0.671 bits per heavy atom. The van der Waals surface area contributed by atoms with Crippen LogP contribution in [0.25, 0.3) is 0 Å². The summed E-state index contributed by atoms with van der Waals surface area (Å²) in [6, 6.07) is 0. The monoisotopic (exact) mass is 1170 g/mol. The maximum atomic E-state index is 12.8. The minimum Gasteiger partial charge on any atom is -0.462 e. The second kappa shape index (κ2) is 67.3. The molecule has 2 atom stereocenters. The minimum atomic E-state index is -4.40. The van der Waals surface area contributed by atoms with E-state index >= 15 is 0 Å². The molecule has 0 spiro atoms. The van der Waals surface area contributed by atoms with Crippen molar-refractivity contribution < 1.29 is 37.6 Å². The summed E-state index contributed by atoms with van der Waals surface area (Å²) in [5.74, 6) is -0.819. The third kappa shape index (κ3) is 66.3. The number of rotatable bonds is 65. The van der Waals surface area contributed by atoms with E-state index in [9.17, 15) is 19.0 Å². The van der Waals surface area contributed by atoms with Crippen molar-refractivity contribution in [1.29, 1.82) is 0 Å². The lowest BCUT2D eigenvalue weighted by molar-refractivity contribution is -0.161. The van der Waals surface area contributed by atoms with Crippen LogP contribution in [0, 0.1) is 0 Å². The van der Waals surface area contributed by atoms with E-state index in [1.54, 1.807) is 0 Å². The van der Waals surface area contributed by atoms with Crippen molar-refractivity contribution in [2.75, 3.05) is 26.4 Å². The molecule has 0 aromatic rings. The minimum absolute atomic E-state index is 0.0515. The van der Waals surface area contributed by atoms with E-state index in [1.165, 1.54) is 205 Å². The molecule has 9 nitrogen and oxygen atoms in total. The summed E-state index contributed by atoms with van der Waals surface area (Å²) >= 11 is 0. The summed E-state index contributed by atoms with van der Waals surface area (Å²) in [4.78, 5) is 35.4. The first-order valence-electron chi connectivity index (χ1n) is 34.6. The van der Waals surface area contributed by atoms with Gasteiger partial charge < -0.3 is 20.1 Å². The molecule has 0 aliphatic carbocycles. The van der Waals surface area contributed by atoms with Gasteiger partial charge in [0.25, 0.3) is 0 Å². The van der Waals surface area contributed by atoms with Crippen LogP contribution in [-0.2, 0) is 32.7 Å². The van der Waals surface area contributed by atoms with Crippen molar-refractivity contribution in [1.82, 2.24) is 0 Å². The molecule has 10 heteroatoms. The van der Waals surface area contributed by atoms with E-state index in [0.29, 0.717) is 6.42 Å². The number of hydrogen-bond donors (Lipinski definition) is 2. The van der Waals surface area contributed by atoms with Crippen molar-refractivity contribution in [3.8, 4) is 0 Å². The van der Waals surface area contributed by atoms with Gasteiger partial charge in [-0.05, 0) is 70.6 Å². The Bertz CT molecular complexity index is 1620. The molecule has 0 aliphatic heterocycles. The Kier molecular flexibility index (Phi) is 65.0. The smallest absolute Gasteiger partial charge is 0.462 e. The zero-order valence-electron chi connectivity index (χ0n) is 53.5. The zero-order chi connectivity index (χ0) is 59.4. The summed E-state index contributed by atoms with van der Waals surface area (Å²) in [6.45, 7) is 3.68. The largest absolute Gasteiger partial charge is 0.472 e. The van der Waals surface area contributed by atoms with Crippen LogP contribution in [0.15, 0.2) is 85.1 Å². The Labute approximate surface area is 506 Å². The molecule has 82 heavy (non-hydrogen) atoms. The fourth-order valence-electron chi connectivity index (χ4n) is 9.97. The maximum absolute atomic E-state index is 12.8. The van der Waals surface area contributed by atoms with Gasteiger partial charge in [0.15, 0.2) is 6.10 Å². The van der Waals surface area contributed by atoms with E-state index in [0.717, 1.165) is 89.9 Å². The van der Waals surface area contributed by atoms with Gasteiger partial charge in [-0.1, -0.05) is 330 Å². The predicted molar refractivity (Wildman–Crippen MR) is 353 cm³/mol. The van der Waals surface area contributed by atoms with Crippen LogP contribution in [0.5, 0.6) is 0 Å². The summed E-state index contributed by atoms with van der Waals surface area (Å²) in [5, 5.41) is 0. The van der Waals surface area contributed by atoms with E-state index < -0.39 is 26.5 Å². The van der Waals surface area contributed by atoms with E-state index in [-0.39, 0.29) is 38.6 Å². The van der Waals surface area contributed by atoms with Gasteiger partial charge in [0.1, 0.15) is 6.61 Å². The third-order valence-corrected chi connectivity index (χ3v) is 16.0. The Hall–Kier alpha value is -2.81. The van der Waals surface area contributed by atoms with Crippen LogP contribution in [0.3, 0.4) is 0 Å². The Morgan fingerprint density at radius 1 is 0.378 bits per heavy atom. The Balaban J connectivity index is 3.89. The molecule has 0 saturated heterocycles. The number of hydrogen-bond acceptors (Lipinski definition) is 8. The van der Waals surface area contributed by atoms with Gasteiger partial charge in [0.05, 0.1) is 13.2 Å². The maximum Gasteiger partial charge on any atom is 0.472 e. The molecule has 0 bridgehead atoms. The number of allylic oxidation sites excluding steroid dienone is 14. The van der Waals surface area contributed by atoms with Crippen molar-refractivity contribution in [3.05, 3.63) is 85.1 Å². The molecule has 0 rings (SSSR count). The fourth-order valence-corrected chi connectivity index (χ4v) is 10.7. The average molecular weight is 1170 g/mol. The standard InChI is InChI=1S/C72H130NO8P/c1-3-5-7-9-11-13-15-17-19-21-23-25-27-29-31-33-34-35-36-37-39-41-43-45-47-49-51-53-55-57-59-61-63-65-72(75)81-70(69-80-82(76,77)79-67-66-73)68-78-71(74)64-62-60-58-56-54-52-50-48-46-44-42-40-38-32-30-28-26-24-22-20-18-16-14-12-10-8-6-4-2/h5,7,11,13,17,19,23,25,29,31,34-35,37,39,70H,3-4,6,8-10,12,14-16,18,20-22,24,26-28,30,32-33,36,38,40-69,73H2,1-2H3,(H,76,77)/b7-5-,13-11-,19-17-,25-23-,31-29-,35-34-,39-37-. The molecule has 0 aromatic heterocycles. The SMILES string of the molecule is CC/C=C\C/C=C\C/C=C\C/C=C\C/C=C\C/C=C\C/C=C\CCCCCCCCCCCCCC(=O)OC(COC(=O)CCCCCCCCCCCCCCCCCCCCCCCCCCCCCC)COP(=O)(O)OCCN. The van der Waals surface area contributed by atoms with Gasteiger partial charge in [-0.2, -0.15) is 0 Å². The van der Waals surface area contributed by atoms with Crippen LogP contribution in [0.1, 0.15) is 328 Å². The first-order valence-corrected chi connectivity index (χ1v) is 36.1. The van der Waals surface area contributed by atoms with Gasteiger partial charge in [-0.15, -0.1) is 0 Å². The molecule has 0 fully saturated rings. The molecule has 0 saturated carbocycles. The summed E-state index contributed by atoms with van der Waals surface area (Å²) in [6.07, 6.45) is 89.6. The number of carbonyl (C=O) groups excluding carboxylic acids is 2. The molecule has 0 amide bonds. The molecule has 3 N–H and O–H groups in total. The Morgan fingerprint density at radius 3 is 1.00 bits per heavy atom. The van der Waals surface area contributed by atoms with Crippen molar-refractivity contribution >= 4 is 19.8 Å². The van der Waals surface area contributed by atoms with Crippen LogP contribution >= 0.6 is 7.82 Å². The number of phosphoric ester groups is 1. The lowest BCUT2D eigenvalue weighted by atomic mass is 10.0. The molecule has 2 unspecified atom stereocenters. The van der Waals surface area contributed by atoms with Crippen LogP contribution in [0.2, 0.25) is 0 Å². The lowest BCUT2D eigenvalue weighted by Crippen LogP contribution is -2.29. The number of phosphoric acid groups is 1. The second-order valence-electron chi connectivity index (χ2n) is 23.0. The highest BCUT2D eigenvalue weighted by atomic mass is 31.2. The van der Waals surface area contributed by atoms with E-state index in [4.69, 9.17) is 24.3 Å². The lowest BCUT2D eigenvalue weighted by Gasteiger charge is -2.19. The fraction of sp³-hybridized carbons (Fsp3) is 0.778. The van der Waals surface area contributed by atoms with Crippen LogP contribution in [-0.4, -0.2) is 49.3 Å². The normalized spacial score (nSPS) is 13.5. The highest BCUT2D eigenvalue weighted by Gasteiger charge is 2.26. The van der Waals surface area contributed by atoms with Crippen LogP contribution < -0.4 is 5.73 Å². The number of nitrogens with two attached hydrogens (primary N) is 1. The van der Waals surface area contributed by atoms with Gasteiger partial charge >= 0.3 is 19.8 Å². The molecule has 0 aliphatic rings. The third-order valence-electron chi connectivity index (χ3n) is 15.0. The quantitative estimate of drug-likeness (QED) is 0.0264. The van der Waals surface area contributed by atoms with Crippen LogP contribution in [0.4, 0.5) is 0 Å². The average Bonchev–Trinajstić information content (AvgIpc) is 3.47. The first kappa shape index (κ1) is 79.2. The zero-order valence-corrected chi connectivity index (χ0v) is 54.4. The molecular weight excluding hydrogens is 1040 g/mol. The topological polar surface area (TPSA) is 134 Å². The highest BCUT2D eigenvalue weighted by Crippen LogP contribution is 2.43. The number of ether oxygens (including phenoxy) is 2. The highest BCUT2D eigenvalue weighted by molar-refractivity contribution is 7.47. The molecular formula is C72H130NO8P. The van der Waals surface area contributed by atoms with Gasteiger partial charge in [0, 0.05) is 19.4 Å². The molecule has 0 heterocycles. The van der Waals surface area contributed by atoms with Crippen molar-refractivity contribution in [2.45, 2.75) is 335 Å². The number of esters is 2. The van der Waals surface area contributed by atoms with E-state index in [2.05, 4.69) is 98.9 Å². The summed E-state index contributed by atoms with van der Waals surface area (Å²) in [5.41, 5.74) is 5.40. The summed E-state index contributed by atoms with van der Waals surface area (Å²) in [7, 11) is -4.40. The second-order valence-corrected chi connectivity index (χ2v) is 24.5. The van der Waals surface area contributed by atoms with Gasteiger partial charge in [0.2, 0.25) is 0 Å². The van der Waals surface area contributed by atoms with Crippen molar-refractivity contribution in [2.24, 2.45) is 5.73 Å². The van der Waals surface area contributed by atoms with Gasteiger partial charge in [-0.3, -0.25) is 18.6 Å². The molecule has 0 aromatic carbocycles. The predicted octanol–water partition coefficient (Wildman–Crippen LogP) is 22.6. The number of unbranched alkanes of at least 4 members (excludes halogenated alkanes) is 38.